The number of hydrogen-bond acceptors (Lipinski definition) is 4. The summed E-state index contributed by atoms with van der Waals surface area (Å²) in [5.74, 6) is -0.103. The van der Waals surface area contributed by atoms with E-state index >= 15 is 0 Å². The number of carbonyl (C=O) groups excluding carboxylic acids is 2. The van der Waals surface area contributed by atoms with Crippen molar-refractivity contribution < 1.29 is 9.59 Å². The highest BCUT2D eigenvalue weighted by Gasteiger charge is 2.07. The van der Waals surface area contributed by atoms with Crippen molar-refractivity contribution in [2.45, 2.75) is 33.1 Å². The number of benzene rings is 1. The fourth-order valence-electron chi connectivity index (χ4n) is 2.14. The van der Waals surface area contributed by atoms with Gasteiger partial charge in [-0.15, -0.1) is 0 Å². The van der Waals surface area contributed by atoms with Crippen molar-refractivity contribution in [3.05, 3.63) is 59.9 Å². The Hall–Kier alpha value is -3.02. The first-order chi connectivity index (χ1) is 12.0. The van der Waals surface area contributed by atoms with Crippen LogP contribution in [-0.4, -0.2) is 22.5 Å². The van der Waals surface area contributed by atoms with Gasteiger partial charge < -0.3 is 5.32 Å². The van der Waals surface area contributed by atoms with Gasteiger partial charge in [-0.25, -0.2) is 5.43 Å². The summed E-state index contributed by atoms with van der Waals surface area (Å²) in [6, 6.07) is 11.1. The second kappa shape index (κ2) is 8.73. The zero-order chi connectivity index (χ0) is 18.2. The molecule has 0 spiro atoms. The molecule has 1 aromatic heterocycles. The lowest BCUT2D eigenvalue weighted by molar-refractivity contribution is -0.115. The number of amides is 2. The Morgan fingerprint density at radius 1 is 1.16 bits per heavy atom. The van der Waals surface area contributed by atoms with Crippen LogP contribution in [0, 0.1) is 0 Å². The van der Waals surface area contributed by atoms with E-state index < -0.39 is 0 Å². The van der Waals surface area contributed by atoms with E-state index in [9.17, 15) is 9.59 Å². The topological polar surface area (TPSA) is 83.5 Å². The molecule has 0 aliphatic heterocycles. The van der Waals surface area contributed by atoms with Crippen molar-refractivity contribution in [3.63, 3.8) is 0 Å². The second-order valence-electron chi connectivity index (χ2n) is 6.03. The molecule has 2 N–H and O–H groups in total. The number of carbonyl (C=O) groups is 2. The number of pyridine rings is 1. The standard InChI is InChI=1S/C19H22N4O2/c1-13(2)15-6-8-17(9-7-15)21-18(24)11-14(3)22-23-19(25)16-5-4-10-20-12-16/h4-10,12-13H,11H2,1-3H3,(H,21,24)(H,23,25). The molecule has 0 radical (unpaired) electrons. The molecule has 25 heavy (non-hydrogen) atoms. The van der Waals surface area contributed by atoms with Gasteiger partial charge in [0.15, 0.2) is 0 Å². The molecular weight excluding hydrogens is 316 g/mol. The summed E-state index contributed by atoms with van der Waals surface area (Å²) in [6.45, 7) is 5.92. The van der Waals surface area contributed by atoms with Crippen LogP contribution in [-0.2, 0) is 4.79 Å². The minimum Gasteiger partial charge on any atom is -0.326 e. The van der Waals surface area contributed by atoms with Crippen molar-refractivity contribution in [2.75, 3.05) is 5.32 Å². The third-order valence-corrected chi connectivity index (χ3v) is 3.55. The largest absolute Gasteiger partial charge is 0.326 e. The van der Waals surface area contributed by atoms with Gasteiger partial charge in [0.25, 0.3) is 5.91 Å². The maximum absolute atomic E-state index is 12.0. The van der Waals surface area contributed by atoms with Crippen molar-refractivity contribution in [2.24, 2.45) is 5.10 Å². The Bertz CT molecular complexity index is 753. The zero-order valence-electron chi connectivity index (χ0n) is 14.6. The van der Waals surface area contributed by atoms with Gasteiger partial charge in [0.1, 0.15) is 0 Å². The molecule has 6 heteroatoms. The van der Waals surface area contributed by atoms with Gasteiger partial charge in [-0.1, -0.05) is 26.0 Å². The smallest absolute Gasteiger partial charge is 0.272 e. The van der Waals surface area contributed by atoms with Gasteiger partial charge in [0, 0.05) is 23.8 Å². The SMILES string of the molecule is CC(CC(=O)Nc1ccc(C(C)C)cc1)=NNC(=O)c1cccnc1. The molecule has 0 aliphatic carbocycles. The Kier molecular flexibility index (Phi) is 6.39. The lowest BCUT2D eigenvalue weighted by atomic mass is 10.0. The highest BCUT2D eigenvalue weighted by atomic mass is 16.2. The summed E-state index contributed by atoms with van der Waals surface area (Å²) in [6.07, 6.45) is 3.14. The van der Waals surface area contributed by atoms with E-state index in [1.54, 1.807) is 25.3 Å². The van der Waals surface area contributed by atoms with E-state index in [1.165, 1.54) is 11.8 Å². The zero-order valence-corrected chi connectivity index (χ0v) is 14.6. The molecule has 0 aliphatic rings. The number of hydrogen-bond donors (Lipinski definition) is 2. The van der Waals surface area contributed by atoms with Gasteiger partial charge in [-0.05, 0) is 42.7 Å². The first-order valence-electron chi connectivity index (χ1n) is 8.09. The molecule has 2 rings (SSSR count). The normalized spacial score (nSPS) is 11.3. The maximum atomic E-state index is 12.0. The van der Waals surface area contributed by atoms with Crippen LogP contribution >= 0.6 is 0 Å². The molecule has 2 aromatic rings. The molecule has 0 atom stereocenters. The molecule has 1 heterocycles. The minimum atomic E-state index is -0.364. The summed E-state index contributed by atoms with van der Waals surface area (Å²) >= 11 is 0. The Labute approximate surface area is 147 Å². The third-order valence-electron chi connectivity index (χ3n) is 3.55. The van der Waals surface area contributed by atoms with Crippen LogP contribution in [0.4, 0.5) is 5.69 Å². The van der Waals surface area contributed by atoms with E-state index in [2.05, 4.69) is 34.7 Å². The number of nitrogens with zero attached hydrogens (tertiary/aromatic N) is 2. The van der Waals surface area contributed by atoms with Gasteiger partial charge in [-0.3, -0.25) is 14.6 Å². The van der Waals surface area contributed by atoms with Gasteiger partial charge in [0.2, 0.25) is 5.91 Å². The first-order valence-corrected chi connectivity index (χ1v) is 8.09. The highest BCUT2D eigenvalue weighted by molar-refractivity contribution is 6.06. The molecule has 0 saturated heterocycles. The maximum Gasteiger partial charge on any atom is 0.272 e. The fraction of sp³-hybridized carbons (Fsp3) is 0.263. The van der Waals surface area contributed by atoms with E-state index in [-0.39, 0.29) is 18.2 Å². The quantitative estimate of drug-likeness (QED) is 0.626. The molecule has 2 amide bonds. The number of nitrogens with one attached hydrogen (secondary N) is 2. The van der Waals surface area contributed by atoms with E-state index in [0.29, 0.717) is 17.2 Å². The molecule has 0 fully saturated rings. The summed E-state index contributed by atoms with van der Waals surface area (Å²) in [5, 5.41) is 6.76. The molecule has 0 unspecified atom stereocenters. The van der Waals surface area contributed by atoms with Crippen LogP contribution in [0.1, 0.15) is 49.0 Å². The lowest BCUT2D eigenvalue weighted by Gasteiger charge is -2.08. The number of rotatable bonds is 6. The van der Waals surface area contributed by atoms with Crippen molar-refractivity contribution in [3.8, 4) is 0 Å². The van der Waals surface area contributed by atoms with Crippen LogP contribution < -0.4 is 10.7 Å². The van der Waals surface area contributed by atoms with Crippen LogP contribution in [0.2, 0.25) is 0 Å². The first kappa shape index (κ1) is 18.3. The average Bonchev–Trinajstić information content (AvgIpc) is 2.60. The monoisotopic (exact) mass is 338 g/mol. The van der Waals surface area contributed by atoms with E-state index in [0.717, 1.165) is 5.69 Å². The number of aromatic nitrogens is 1. The van der Waals surface area contributed by atoms with Crippen molar-refractivity contribution in [1.29, 1.82) is 0 Å². The minimum absolute atomic E-state index is 0.0965. The Balaban J connectivity index is 1.85. The number of hydrazone groups is 1. The lowest BCUT2D eigenvalue weighted by Crippen LogP contribution is -2.21. The van der Waals surface area contributed by atoms with Gasteiger partial charge in [0.05, 0.1) is 12.0 Å². The average molecular weight is 338 g/mol. The second-order valence-corrected chi connectivity index (χ2v) is 6.03. The molecule has 130 valence electrons. The summed E-state index contributed by atoms with van der Waals surface area (Å²) < 4.78 is 0. The summed E-state index contributed by atoms with van der Waals surface area (Å²) in [5.41, 5.74) is 5.29. The van der Waals surface area contributed by atoms with Crippen LogP contribution in [0.3, 0.4) is 0 Å². The van der Waals surface area contributed by atoms with Crippen molar-refractivity contribution in [1.82, 2.24) is 10.4 Å². The van der Waals surface area contributed by atoms with Gasteiger partial charge in [-0.2, -0.15) is 5.10 Å². The molecule has 6 nitrogen and oxygen atoms in total. The molecule has 1 aromatic carbocycles. The van der Waals surface area contributed by atoms with Crippen LogP contribution in [0.15, 0.2) is 53.9 Å². The molecular formula is C19H22N4O2. The van der Waals surface area contributed by atoms with Crippen molar-refractivity contribution >= 4 is 23.2 Å². The van der Waals surface area contributed by atoms with E-state index in [1.807, 2.05) is 24.3 Å². The number of anilines is 1. The molecule has 0 saturated carbocycles. The summed E-state index contributed by atoms with van der Waals surface area (Å²) in [7, 11) is 0. The van der Waals surface area contributed by atoms with Crippen LogP contribution in [0.25, 0.3) is 0 Å². The Morgan fingerprint density at radius 2 is 1.88 bits per heavy atom. The Morgan fingerprint density at radius 3 is 2.48 bits per heavy atom. The van der Waals surface area contributed by atoms with Crippen LogP contribution in [0.5, 0.6) is 0 Å². The fourth-order valence-corrected chi connectivity index (χ4v) is 2.14. The van der Waals surface area contributed by atoms with E-state index in [4.69, 9.17) is 0 Å². The predicted molar refractivity (Wildman–Crippen MR) is 98.6 cm³/mol. The highest BCUT2D eigenvalue weighted by Crippen LogP contribution is 2.17. The molecule has 0 bridgehead atoms. The van der Waals surface area contributed by atoms with Gasteiger partial charge >= 0.3 is 0 Å². The third kappa shape index (κ3) is 5.84. The summed E-state index contributed by atoms with van der Waals surface area (Å²) in [4.78, 5) is 27.8. The predicted octanol–water partition coefficient (Wildman–Crippen LogP) is 3.34.